The fraction of sp³-hybridized carbons (Fsp3) is 0.0476. The summed E-state index contributed by atoms with van der Waals surface area (Å²) < 4.78 is 0.725. The third-order valence-electron chi connectivity index (χ3n) is 4.24. The van der Waals surface area contributed by atoms with Gasteiger partial charge in [-0.2, -0.15) is 0 Å². The zero-order valence-corrected chi connectivity index (χ0v) is 16.9. The van der Waals surface area contributed by atoms with Crippen LogP contribution in [0.25, 0.3) is 11.3 Å². The SMILES string of the molecule is BrN1OOC(c2ccccc2)=C(c2ccccc2)C1(Br)c1ccccc1. The van der Waals surface area contributed by atoms with Crippen molar-refractivity contribution in [1.29, 1.82) is 0 Å². The molecule has 0 spiro atoms. The number of benzene rings is 3. The first-order chi connectivity index (χ1) is 12.7. The van der Waals surface area contributed by atoms with Gasteiger partial charge in [0.2, 0.25) is 0 Å². The van der Waals surface area contributed by atoms with E-state index >= 15 is 0 Å². The van der Waals surface area contributed by atoms with Crippen LogP contribution in [0.3, 0.4) is 0 Å². The minimum atomic E-state index is -0.779. The van der Waals surface area contributed by atoms with Crippen LogP contribution in [0.4, 0.5) is 0 Å². The second-order valence-electron chi connectivity index (χ2n) is 5.83. The fourth-order valence-electron chi connectivity index (χ4n) is 3.02. The zero-order chi connectivity index (χ0) is 18.0. The first-order valence-electron chi connectivity index (χ1n) is 8.12. The van der Waals surface area contributed by atoms with Crippen molar-refractivity contribution < 1.29 is 9.88 Å². The van der Waals surface area contributed by atoms with E-state index in [-0.39, 0.29) is 0 Å². The van der Waals surface area contributed by atoms with E-state index in [9.17, 15) is 0 Å². The topological polar surface area (TPSA) is 21.7 Å². The molecule has 3 aromatic carbocycles. The third kappa shape index (κ3) is 3.01. The number of rotatable bonds is 3. The van der Waals surface area contributed by atoms with Gasteiger partial charge in [0.15, 0.2) is 10.2 Å². The summed E-state index contributed by atoms with van der Waals surface area (Å²) in [5, 5.41) is 0. The molecule has 1 aliphatic heterocycles. The van der Waals surface area contributed by atoms with Crippen LogP contribution in [0.15, 0.2) is 91.0 Å². The Hall–Kier alpha value is -1.92. The molecule has 0 radical (unpaired) electrons. The molecule has 1 heterocycles. The van der Waals surface area contributed by atoms with Crippen molar-refractivity contribution in [2.24, 2.45) is 0 Å². The second-order valence-corrected chi connectivity index (χ2v) is 7.62. The summed E-state index contributed by atoms with van der Waals surface area (Å²) >= 11 is 7.42. The molecule has 1 atom stereocenters. The van der Waals surface area contributed by atoms with E-state index in [4.69, 9.17) is 9.88 Å². The predicted molar refractivity (Wildman–Crippen MR) is 110 cm³/mol. The largest absolute Gasteiger partial charge is 0.317 e. The molecular weight excluding hydrogens is 458 g/mol. The lowest BCUT2D eigenvalue weighted by atomic mass is 9.90. The van der Waals surface area contributed by atoms with Gasteiger partial charge in [0.25, 0.3) is 0 Å². The Morgan fingerprint density at radius 1 is 0.692 bits per heavy atom. The Morgan fingerprint density at radius 2 is 1.19 bits per heavy atom. The van der Waals surface area contributed by atoms with E-state index in [1.54, 1.807) is 0 Å². The maximum Gasteiger partial charge on any atom is 0.181 e. The van der Waals surface area contributed by atoms with Crippen molar-refractivity contribution in [3.05, 3.63) is 108 Å². The average Bonchev–Trinajstić information content (AvgIpc) is 2.72. The molecular formula is C21H15Br2NO2. The summed E-state index contributed by atoms with van der Waals surface area (Å²) in [6, 6.07) is 30.2. The van der Waals surface area contributed by atoms with Gasteiger partial charge in [-0.1, -0.05) is 116 Å². The maximum absolute atomic E-state index is 5.69. The molecule has 26 heavy (non-hydrogen) atoms. The van der Waals surface area contributed by atoms with E-state index < -0.39 is 4.45 Å². The summed E-state index contributed by atoms with van der Waals surface area (Å²) in [5.74, 6) is 0.660. The van der Waals surface area contributed by atoms with Crippen LogP contribution >= 0.6 is 32.1 Å². The molecule has 0 aromatic heterocycles. The van der Waals surface area contributed by atoms with Gasteiger partial charge in [-0.3, -0.25) is 0 Å². The van der Waals surface area contributed by atoms with E-state index in [0.29, 0.717) is 5.76 Å². The normalized spacial score (nSPS) is 20.7. The molecule has 0 saturated carbocycles. The molecule has 0 N–H and O–H groups in total. The van der Waals surface area contributed by atoms with Gasteiger partial charge in [0, 0.05) is 27.3 Å². The Morgan fingerprint density at radius 3 is 1.77 bits per heavy atom. The molecule has 0 amide bonds. The van der Waals surface area contributed by atoms with Gasteiger partial charge < -0.3 is 4.89 Å². The molecule has 0 saturated heterocycles. The number of halogens is 2. The maximum atomic E-state index is 5.69. The monoisotopic (exact) mass is 471 g/mol. The van der Waals surface area contributed by atoms with Gasteiger partial charge in [-0.15, -0.1) is 0 Å². The molecule has 0 bridgehead atoms. The Labute approximate surface area is 169 Å². The van der Waals surface area contributed by atoms with Crippen LogP contribution in [0, 0.1) is 0 Å². The van der Waals surface area contributed by atoms with Crippen molar-refractivity contribution in [1.82, 2.24) is 4.09 Å². The summed E-state index contributed by atoms with van der Waals surface area (Å²) in [6.07, 6.45) is 0. The molecule has 3 aromatic rings. The predicted octanol–water partition coefficient (Wildman–Crippen LogP) is 6.29. The van der Waals surface area contributed by atoms with Crippen LogP contribution in [0.2, 0.25) is 0 Å². The van der Waals surface area contributed by atoms with Crippen molar-refractivity contribution in [2.75, 3.05) is 0 Å². The van der Waals surface area contributed by atoms with Gasteiger partial charge in [-0.25, -0.2) is 0 Å². The lowest BCUT2D eigenvalue weighted by Gasteiger charge is -2.40. The van der Waals surface area contributed by atoms with Crippen LogP contribution in [0.1, 0.15) is 16.7 Å². The molecule has 3 nitrogen and oxygen atoms in total. The van der Waals surface area contributed by atoms with E-state index in [0.717, 1.165) is 22.3 Å². The van der Waals surface area contributed by atoms with Crippen molar-refractivity contribution >= 4 is 43.4 Å². The number of nitrogens with zero attached hydrogens (tertiary/aromatic N) is 1. The molecule has 130 valence electrons. The Kier molecular flexibility index (Phi) is 4.96. The Balaban J connectivity index is 2.02. The molecule has 1 aliphatic rings. The first-order valence-corrected chi connectivity index (χ1v) is 9.62. The highest BCUT2D eigenvalue weighted by molar-refractivity contribution is 9.11. The van der Waals surface area contributed by atoms with Gasteiger partial charge in [0.05, 0.1) is 0 Å². The molecule has 0 fully saturated rings. The Bertz CT molecular complexity index is 917. The highest BCUT2D eigenvalue weighted by Gasteiger charge is 2.47. The van der Waals surface area contributed by atoms with Crippen molar-refractivity contribution in [3.63, 3.8) is 0 Å². The van der Waals surface area contributed by atoms with Crippen molar-refractivity contribution in [3.8, 4) is 0 Å². The zero-order valence-electron chi connectivity index (χ0n) is 13.7. The quantitative estimate of drug-likeness (QED) is 0.193. The summed E-state index contributed by atoms with van der Waals surface area (Å²) in [4.78, 5) is 11.2. The fourth-order valence-corrected chi connectivity index (χ4v) is 4.19. The van der Waals surface area contributed by atoms with E-state index in [1.165, 1.54) is 4.09 Å². The standard InChI is InChI=1S/C21H15Br2NO2/c22-21(18-14-8-3-9-15-18)19(16-10-4-1-5-11-16)20(25-26-24(21)23)17-12-6-2-7-13-17/h1-15H. The molecule has 4 rings (SSSR count). The first kappa shape index (κ1) is 17.5. The molecule has 5 heteroatoms. The average molecular weight is 473 g/mol. The number of hydrogen-bond acceptors (Lipinski definition) is 3. The highest BCUT2D eigenvalue weighted by atomic mass is 79.9. The van der Waals surface area contributed by atoms with Gasteiger partial charge in [0.1, 0.15) is 0 Å². The van der Waals surface area contributed by atoms with E-state index in [2.05, 4.69) is 44.2 Å². The number of alkyl halides is 1. The summed E-state index contributed by atoms with van der Waals surface area (Å²) in [7, 11) is 0. The van der Waals surface area contributed by atoms with Crippen LogP contribution in [-0.4, -0.2) is 4.09 Å². The highest BCUT2D eigenvalue weighted by Crippen LogP contribution is 2.54. The number of hydrogen-bond donors (Lipinski definition) is 0. The van der Waals surface area contributed by atoms with Crippen LogP contribution in [0.5, 0.6) is 0 Å². The minimum Gasteiger partial charge on any atom is -0.317 e. The van der Waals surface area contributed by atoms with E-state index in [1.807, 2.05) is 78.9 Å². The minimum absolute atomic E-state index is 0.660. The lowest BCUT2D eigenvalue weighted by Crippen LogP contribution is -2.39. The van der Waals surface area contributed by atoms with Gasteiger partial charge >= 0.3 is 0 Å². The van der Waals surface area contributed by atoms with Gasteiger partial charge in [-0.05, 0) is 11.1 Å². The van der Waals surface area contributed by atoms with Crippen molar-refractivity contribution in [2.45, 2.75) is 4.45 Å². The summed E-state index contributed by atoms with van der Waals surface area (Å²) in [5.41, 5.74) is 3.91. The summed E-state index contributed by atoms with van der Waals surface area (Å²) in [6.45, 7) is 0. The number of hydroxylamine groups is 1. The molecule has 1 unspecified atom stereocenters. The molecule has 0 aliphatic carbocycles. The van der Waals surface area contributed by atoms with Crippen LogP contribution < -0.4 is 0 Å². The lowest BCUT2D eigenvalue weighted by molar-refractivity contribution is -0.360. The second kappa shape index (κ2) is 7.37. The van der Waals surface area contributed by atoms with Crippen LogP contribution in [-0.2, 0) is 14.3 Å². The third-order valence-corrected chi connectivity index (χ3v) is 6.54. The smallest absolute Gasteiger partial charge is 0.181 e.